The fourth-order valence-corrected chi connectivity index (χ4v) is 3.65. The summed E-state index contributed by atoms with van der Waals surface area (Å²) in [5.41, 5.74) is 0.117. The van der Waals surface area contributed by atoms with E-state index in [0.29, 0.717) is 12.1 Å². The highest BCUT2D eigenvalue weighted by atomic mass is 127. The molecule has 2 N–H and O–H groups in total. The van der Waals surface area contributed by atoms with Crippen LogP contribution in [-0.4, -0.2) is 75.7 Å². The van der Waals surface area contributed by atoms with Crippen LogP contribution in [0.1, 0.15) is 43.2 Å². The third kappa shape index (κ3) is 10.4. The van der Waals surface area contributed by atoms with Crippen molar-refractivity contribution in [2.75, 3.05) is 59.9 Å². The van der Waals surface area contributed by atoms with Crippen molar-refractivity contribution in [2.24, 2.45) is 4.99 Å². The van der Waals surface area contributed by atoms with E-state index in [9.17, 15) is 13.2 Å². The van der Waals surface area contributed by atoms with Gasteiger partial charge in [-0.1, -0.05) is 25.1 Å². The van der Waals surface area contributed by atoms with Crippen molar-refractivity contribution in [1.82, 2.24) is 20.4 Å². The number of aliphatic imine (C=N–C) groups is 1. The quantitative estimate of drug-likeness (QED) is 0.220. The van der Waals surface area contributed by atoms with Gasteiger partial charge < -0.3 is 20.4 Å². The molecule has 0 aliphatic carbocycles. The number of nitrogens with zero attached hydrogens (tertiary/aromatic N) is 3. The SMILES string of the molecule is CN=C(NCCCN1CCCN(C)CC1)NCCC(C)c1cccc(C(F)(F)F)c1.I. The first-order valence-corrected chi connectivity index (χ1v) is 10.8. The molecule has 1 aliphatic rings. The van der Waals surface area contributed by atoms with Crippen LogP contribution >= 0.6 is 24.0 Å². The van der Waals surface area contributed by atoms with E-state index in [1.165, 1.54) is 25.1 Å². The van der Waals surface area contributed by atoms with E-state index >= 15 is 0 Å². The third-order valence-electron chi connectivity index (χ3n) is 5.63. The van der Waals surface area contributed by atoms with Crippen LogP contribution in [-0.2, 0) is 6.18 Å². The molecule has 9 heteroatoms. The smallest absolute Gasteiger partial charge is 0.356 e. The van der Waals surface area contributed by atoms with Crippen LogP contribution in [0.25, 0.3) is 0 Å². The van der Waals surface area contributed by atoms with Gasteiger partial charge in [-0.2, -0.15) is 13.2 Å². The molecule has 31 heavy (non-hydrogen) atoms. The normalized spacial score (nSPS) is 17.5. The summed E-state index contributed by atoms with van der Waals surface area (Å²) in [4.78, 5) is 9.13. The Morgan fingerprint density at radius 1 is 1.13 bits per heavy atom. The Morgan fingerprint density at radius 2 is 1.87 bits per heavy atom. The zero-order chi connectivity index (χ0) is 22.0. The fraction of sp³-hybridized carbons (Fsp3) is 0.682. The van der Waals surface area contributed by atoms with E-state index in [2.05, 4.69) is 32.5 Å². The van der Waals surface area contributed by atoms with Gasteiger partial charge in [-0.15, -0.1) is 24.0 Å². The maximum Gasteiger partial charge on any atom is 0.416 e. The van der Waals surface area contributed by atoms with E-state index < -0.39 is 11.7 Å². The average molecular weight is 555 g/mol. The number of rotatable bonds is 8. The van der Waals surface area contributed by atoms with Crippen molar-refractivity contribution in [3.63, 3.8) is 0 Å². The van der Waals surface area contributed by atoms with Crippen LogP contribution < -0.4 is 10.6 Å². The molecule has 1 aromatic rings. The molecule has 0 saturated carbocycles. The lowest BCUT2D eigenvalue weighted by molar-refractivity contribution is -0.137. The van der Waals surface area contributed by atoms with E-state index in [-0.39, 0.29) is 29.9 Å². The molecule has 1 heterocycles. The molecule has 0 amide bonds. The maximum absolute atomic E-state index is 12.9. The number of hydrogen-bond acceptors (Lipinski definition) is 3. The number of benzene rings is 1. The molecule has 0 radical (unpaired) electrons. The Bertz CT molecular complexity index is 669. The van der Waals surface area contributed by atoms with Crippen molar-refractivity contribution in [3.05, 3.63) is 35.4 Å². The summed E-state index contributed by atoms with van der Waals surface area (Å²) in [5, 5.41) is 6.59. The van der Waals surface area contributed by atoms with E-state index in [1.54, 1.807) is 13.1 Å². The van der Waals surface area contributed by atoms with Crippen molar-refractivity contribution < 1.29 is 13.2 Å². The maximum atomic E-state index is 12.9. The zero-order valence-electron chi connectivity index (χ0n) is 18.8. The summed E-state index contributed by atoms with van der Waals surface area (Å²) in [5.74, 6) is 0.765. The number of nitrogens with one attached hydrogen (secondary N) is 2. The first-order chi connectivity index (χ1) is 14.3. The van der Waals surface area contributed by atoms with Gasteiger partial charge in [-0.3, -0.25) is 4.99 Å². The van der Waals surface area contributed by atoms with Gasteiger partial charge in [0.1, 0.15) is 0 Å². The number of likely N-dealkylation sites (N-methyl/N-ethyl adjacent to an activating group) is 1. The molecule has 5 nitrogen and oxygen atoms in total. The predicted octanol–water partition coefficient (Wildman–Crippen LogP) is 4.01. The minimum Gasteiger partial charge on any atom is -0.356 e. The molecule has 1 atom stereocenters. The van der Waals surface area contributed by atoms with Gasteiger partial charge in [0, 0.05) is 33.2 Å². The molecule has 0 spiro atoms. The Hall–Kier alpha value is -1.07. The second-order valence-electron chi connectivity index (χ2n) is 8.09. The van der Waals surface area contributed by atoms with Crippen LogP contribution in [0, 0.1) is 0 Å². The lowest BCUT2D eigenvalue weighted by Crippen LogP contribution is -2.39. The van der Waals surface area contributed by atoms with E-state index in [4.69, 9.17) is 0 Å². The molecule has 1 aromatic carbocycles. The van der Waals surface area contributed by atoms with E-state index in [0.717, 1.165) is 57.6 Å². The lowest BCUT2D eigenvalue weighted by Gasteiger charge is -2.20. The topological polar surface area (TPSA) is 42.9 Å². The van der Waals surface area contributed by atoms with Crippen LogP contribution in [0.2, 0.25) is 0 Å². The number of halogens is 4. The number of guanidine groups is 1. The average Bonchev–Trinajstić information content (AvgIpc) is 2.93. The molecule has 1 unspecified atom stereocenters. The summed E-state index contributed by atoms with van der Waals surface area (Å²) in [6.07, 6.45) is -1.31. The highest BCUT2D eigenvalue weighted by molar-refractivity contribution is 14.0. The second kappa shape index (κ2) is 14.2. The van der Waals surface area contributed by atoms with Gasteiger partial charge in [-0.05, 0) is 63.5 Å². The Kier molecular flexibility index (Phi) is 12.8. The van der Waals surface area contributed by atoms with Gasteiger partial charge in [-0.25, -0.2) is 0 Å². The molecule has 0 bridgehead atoms. The van der Waals surface area contributed by atoms with Crippen LogP contribution in [0.15, 0.2) is 29.3 Å². The third-order valence-corrected chi connectivity index (χ3v) is 5.63. The Balaban J connectivity index is 0.00000480. The van der Waals surface area contributed by atoms with Gasteiger partial charge in [0.25, 0.3) is 0 Å². The van der Waals surface area contributed by atoms with E-state index in [1.807, 2.05) is 6.92 Å². The minimum absolute atomic E-state index is 0. The number of hydrogen-bond donors (Lipinski definition) is 2. The van der Waals surface area contributed by atoms with Crippen molar-refractivity contribution >= 4 is 29.9 Å². The summed E-state index contributed by atoms with van der Waals surface area (Å²) >= 11 is 0. The molecule has 1 aliphatic heterocycles. The van der Waals surface area contributed by atoms with Crippen molar-refractivity contribution in [2.45, 2.75) is 38.3 Å². The standard InChI is InChI=1S/C22H36F3N5.HI/c1-18(19-7-4-8-20(17-19)22(23,24)25)9-11-28-21(26-2)27-10-5-13-30-14-6-12-29(3)15-16-30;/h4,7-8,17-18H,5-6,9-16H2,1-3H3,(H2,26,27,28);1H. The Labute approximate surface area is 201 Å². The minimum atomic E-state index is -4.30. The van der Waals surface area contributed by atoms with Gasteiger partial charge >= 0.3 is 6.18 Å². The number of alkyl halides is 3. The van der Waals surface area contributed by atoms with Crippen molar-refractivity contribution in [1.29, 1.82) is 0 Å². The molecule has 1 saturated heterocycles. The highest BCUT2D eigenvalue weighted by Crippen LogP contribution is 2.31. The monoisotopic (exact) mass is 555 g/mol. The summed E-state index contributed by atoms with van der Waals surface area (Å²) < 4.78 is 38.7. The van der Waals surface area contributed by atoms with Crippen molar-refractivity contribution in [3.8, 4) is 0 Å². The molecule has 1 fully saturated rings. The summed E-state index contributed by atoms with van der Waals surface area (Å²) in [6, 6.07) is 5.60. The van der Waals surface area contributed by atoms with Gasteiger partial charge in [0.2, 0.25) is 0 Å². The zero-order valence-corrected chi connectivity index (χ0v) is 21.2. The lowest BCUT2D eigenvalue weighted by atomic mass is 9.96. The first kappa shape index (κ1) is 28.0. The molecular weight excluding hydrogens is 518 g/mol. The second-order valence-corrected chi connectivity index (χ2v) is 8.09. The summed E-state index contributed by atoms with van der Waals surface area (Å²) in [7, 11) is 3.91. The molecular formula is C22H37F3IN5. The predicted molar refractivity (Wildman–Crippen MR) is 132 cm³/mol. The first-order valence-electron chi connectivity index (χ1n) is 10.8. The van der Waals surface area contributed by atoms with Gasteiger partial charge in [0.15, 0.2) is 5.96 Å². The molecule has 2 rings (SSSR count). The largest absolute Gasteiger partial charge is 0.416 e. The van der Waals surface area contributed by atoms with Crippen LogP contribution in [0.4, 0.5) is 13.2 Å². The summed E-state index contributed by atoms with van der Waals surface area (Å²) in [6.45, 7) is 9.09. The molecule has 0 aromatic heterocycles. The van der Waals surface area contributed by atoms with Crippen LogP contribution in [0.5, 0.6) is 0 Å². The Morgan fingerprint density at radius 3 is 2.58 bits per heavy atom. The molecule has 178 valence electrons. The van der Waals surface area contributed by atoms with Crippen LogP contribution in [0.3, 0.4) is 0 Å². The van der Waals surface area contributed by atoms with Gasteiger partial charge in [0.05, 0.1) is 5.56 Å². The fourth-order valence-electron chi connectivity index (χ4n) is 3.65. The highest BCUT2D eigenvalue weighted by Gasteiger charge is 2.30.